The SMILES string of the molecule is O=S(O)(O)(c1ccc(Cl)cc1Cl)c1ccc(Cl)cc1Cl. The summed E-state index contributed by atoms with van der Waals surface area (Å²) in [7, 11) is -5.42. The van der Waals surface area contributed by atoms with Gasteiger partial charge in [-0.1, -0.05) is 46.4 Å². The predicted octanol–water partition coefficient (Wildman–Crippen LogP) is 5.48. The van der Waals surface area contributed by atoms with E-state index in [4.69, 9.17) is 46.4 Å². The van der Waals surface area contributed by atoms with Crippen molar-refractivity contribution in [1.29, 1.82) is 0 Å². The van der Waals surface area contributed by atoms with Gasteiger partial charge in [0.25, 0.3) is 0 Å². The van der Waals surface area contributed by atoms with Gasteiger partial charge in [-0.2, -0.15) is 0 Å². The zero-order chi connectivity index (χ0) is 15.2. The molecule has 0 bridgehead atoms. The Morgan fingerprint density at radius 1 is 0.750 bits per heavy atom. The lowest BCUT2D eigenvalue weighted by atomic mass is 10.3. The van der Waals surface area contributed by atoms with Crippen molar-refractivity contribution in [2.75, 3.05) is 0 Å². The van der Waals surface area contributed by atoms with Gasteiger partial charge in [0.05, 0.1) is 19.8 Å². The van der Waals surface area contributed by atoms with Crippen LogP contribution in [0.1, 0.15) is 0 Å². The summed E-state index contributed by atoms with van der Waals surface area (Å²) in [6.45, 7) is 0. The zero-order valence-electron chi connectivity index (χ0n) is 9.69. The second-order valence-electron chi connectivity index (χ2n) is 4.01. The number of rotatable bonds is 2. The molecule has 2 aromatic rings. The molecule has 2 N–H and O–H groups in total. The Balaban J connectivity index is 2.76. The lowest BCUT2D eigenvalue weighted by molar-refractivity contribution is 0.390. The Kier molecular flexibility index (Phi) is 4.13. The Morgan fingerprint density at radius 3 is 1.40 bits per heavy atom. The number of hydrogen-bond acceptors (Lipinski definition) is 1. The normalized spacial score (nSPS) is 13.8. The van der Waals surface area contributed by atoms with Crippen LogP contribution in [0.3, 0.4) is 0 Å². The van der Waals surface area contributed by atoms with Crippen molar-refractivity contribution in [2.24, 2.45) is 0 Å². The summed E-state index contributed by atoms with van der Waals surface area (Å²) in [6, 6.07) is 7.53. The van der Waals surface area contributed by atoms with E-state index in [9.17, 15) is 13.3 Å². The van der Waals surface area contributed by atoms with Gasteiger partial charge >= 0.3 is 0 Å². The molecule has 0 aliphatic rings. The van der Waals surface area contributed by atoms with Gasteiger partial charge in [0.2, 0.25) is 0 Å². The summed E-state index contributed by atoms with van der Waals surface area (Å²) in [5.74, 6) is 0. The molecular formula is C12H8Cl4O3S. The molecule has 108 valence electrons. The summed E-state index contributed by atoms with van der Waals surface area (Å²) in [4.78, 5) is -0.755. The monoisotopic (exact) mass is 372 g/mol. The van der Waals surface area contributed by atoms with E-state index in [-0.39, 0.29) is 29.9 Å². The van der Waals surface area contributed by atoms with Crippen LogP contribution in [-0.2, 0) is 9.63 Å². The van der Waals surface area contributed by atoms with Crippen molar-refractivity contribution < 1.29 is 13.3 Å². The molecular weight excluding hydrogens is 366 g/mol. The third-order valence-corrected chi connectivity index (χ3v) is 6.20. The van der Waals surface area contributed by atoms with E-state index in [0.29, 0.717) is 0 Å². The van der Waals surface area contributed by atoms with Crippen molar-refractivity contribution in [3.63, 3.8) is 0 Å². The highest BCUT2D eigenvalue weighted by molar-refractivity contribution is 8.10. The van der Waals surface area contributed by atoms with Gasteiger partial charge in [-0.15, -0.1) is 0 Å². The molecule has 8 heteroatoms. The Bertz CT molecular complexity index is 697. The van der Waals surface area contributed by atoms with Crippen molar-refractivity contribution in [1.82, 2.24) is 0 Å². The topological polar surface area (TPSA) is 57.5 Å². The lowest BCUT2D eigenvalue weighted by Crippen LogP contribution is -2.32. The molecule has 0 fully saturated rings. The Labute approximate surface area is 135 Å². The van der Waals surface area contributed by atoms with Gasteiger partial charge in [-0.25, -0.2) is 4.21 Å². The fraction of sp³-hybridized carbons (Fsp3) is 0. The summed E-state index contributed by atoms with van der Waals surface area (Å²) in [5.41, 5.74) is 0. The van der Waals surface area contributed by atoms with Crippen LogP contribution in [0.2, 0.25) is 20.1 Å². The maximum absolute atomic E-state index is 12.7. The molecule has 0 spiro atoms. The van der Waals surface area contributed by atoms with Crippen LogP contribution in [0, 0.1) is 0 Å². The molecule has 2 rings (SSSR count). The first-order chi connectivity index (χ1) is 9.10. The van der Waals surface area contributed by atoms with Crippen molar-refractivity contribution >= 4 is 56.0 Å². The molecule has 0 aliphatic carbocycles. The zero-order valence-corrected chi connectivity index (χ0v) is 13.5. The van der Waals surface area contributed by atoms with Gasteiger partial charge < -0.3 is 9.11 Å². The molecule has 20 heavy (non-hydrogen) atoms. The molecule has 0 amide bonds. The van der Waals surface area contributed by atoms with E-state index in [1.807, 2.05) is 0 Å². The summed E-state index contributed by atoms with van der Waals surface area (Å²) >= 11 is 23.2. The van der Waals surface area contributed by atoms with Crippen LogP contribution in [0.4, 0.5) is 0 Å². The number of benzene rings is 2. The fourth-order valence-electron chi connectivity index (χ4n) is 1.67. The molecule has 0 aliphatic heterocycles. The largest absolute Gasteiger partial charge is 0.301 e. The minimum absolute atomic E-state index is 0.148. The standard InChI is InChI=1S/C12H8Cl4O3S/c13-7-1-3-11(9(15)5-7)20(17,18,19)12-4-2-8(14)6-10(12)16/h1-6H,(H2,17,18,19). The first-order valence-corrected chi connectivity index (χ1v) is 8.56. The van der Waals surface area contributed by atoms with Crippen LogP contribution in [0.15, 0.2) is 46.2 Å². The van der Waals surface area contributed by atoms with Gasteiger partial charge in [-0.05, 0) is 36.4 Å². The molecule has 0 aromatic heterocycles. The maximum atomic E-state index is 12.7. The second kappa shape index (κ2) is 5.14. The van der Waals surface area contributed by atoms with Crippen molar-refractivity contribution in [2.45, 2.75) is 9.79 Å². The maximum Gasteiger partial charge on any atom is 0.138 e. The molecule has 0 atom stereocenters. The molecule has 0 saturated heterocycles. The Hall–Kier alpha value is -0.330. The number of halogens is 4. The fourth-order valence-corrected chi connectivity index (χ4v) is 5.00. The average molecular weight is 374 g/mol. The summed E-state index contributed by atoms with van der Waals surface area (Å²) < 4.78 is 33.3. The van der Waals surface area contributed by atoms with E-state index >= 15 is 0 Å². The minimum atomic E-state index is -5.42. The first kappa shape index (κ1) is 16.0. The van der Waals surface area contributed by atoms with Gasteiger partial charge in [0.15, 0.2) is 0 Å². The highest BCUT2D eigenvalue weighted by Crippen LogP contribution is 2.45. The van der Waals surface area contributed by atoms with E-state index < -0.39 is 9.63 Å². The van der Waals surface area contributed by atoms with Crippen molar-refractivity contribution in [3.05, 3.63) is 56.5 Å². The quantitative estimate of drug-likeness (QED) is 0.732. The second-order valence-corrected chi connectivity index (χ2v) is 8.31. The van der Waals surface area contributed by atoms with Crippen LogP contribution < -0.4 is 0 Å². The van der Waals surface area contributed by atoms with E-state index in [0.717, 1.165) is 0 Å². The predicted molar refractivity (Wildman–Crippen MR) is 82.9 cm³/mol. The summed E-state index contributed by atoms with van der Waals surface area (Å²) in [6.07, 6.45) is 0. The Morgan fingerprint density at radius 2 is 1.10 bits per heavy atom. The molecule has 3 nitrogen and oxygen atoms in total. The van der Waals surface area contributed by atoms with Crippen LogP contribution in [-0.4, -0.2) is 13.3 Å². The molecule has 0 heterocycles. The van der Waals surface area contributed by atoms with Gasteiger partial charge in [-0.3, -0.25) is 0 Å². The molecule has 0 radical (unpaired) electrons. The van der Waals surface area contributed by atoms with Crippen LogP contribution >= 0.6 is 46.4 Å². The third kappa shape index (κ3) is 2.83. The van der Waals surface area contributed by atoms with Crippen LogP contribution in [0.5, 0.6) is 0 Å². The highest BCUT2D eigenvalue weighted by Gasteiger charge is 2.39. The van der Waals surface area contributed by atoms with Gasteiger partial charge in [0, 0.05) is 10.0 Å². The summed E-state index contributed by atoms with van der Waals surface area (Å²) in [5, 5.41) is 0.240. The van der Waals surface area contributed by atoms with E-state index in [2.05, 4.69) is 0 Å². The van der Waals surface area contributed by atoms with Crippen molar-refractivity contribution in [3.8, 4) is 0 Å². The highest BCUT2D eigenvalue weighted by atomic mass is 35.5. The minimum Gasteiger partial charge on any atom is -0.301 e. The third-order valence-electron chi connectivity index (χ3n) is 2.58. The molecule has 2 aromatic carbocycles. The average Bonchev–Trinajstić information content (AvgIpc) is 2.26. The van der Waals surface area contributed by atoms with E-state index in [1.165, 1.54) is 36.4 Å². The first-order valence-electron chi connectivity index (χ1n) is 5.17. The molecule has 0 saturated carbocycles. The molecule has 0 unspecified atom stereocenters. The number of hydrogen-bond donors (Lipinski definition) is 2. The van der Waals surface area contributed by atoms with Crippen LogP contribution in [0.25, 0.3) is 0 Å². The van der Waals surface area contributed by atoms with Gasteiger partial charge in [0.1, 0.15) is 9.63 Å². The lowest BCUT2D eigenvalue weighted by Gasteiger charge is -2.32. The van der Waals surface area contributed by atoms with E-state index in [1.54, 1.807) is 0 Å². The smallest absolute Gasteiger partial charge is 0.138 e.